The molecule has 0 radical (unpaired) electrons. The first kappa shape index (κ1) is 19.0. The molecule has 0 saturated heterocycles. The van der Waals surface area contributed by atoms with Gasteiger partial charge in [-0.15, -0.1) is 0 Å². The van der Waals surface area contributed by atoms with Gasteiger partial charge in [-0.25, -0.2) is 9.59 Å². The Morgan fingerprint density at radius 2 is 1.74 bits per heavy atom. The molecule has 1 atom stereocenters. The van der Waals surface area contributed by atoms with Crippen molar-refractivity contribution in [2.24, 2.45) is 0 Å². The Labute approximate surface area is 138 Å². The van der Waals surface area contributed by atoms with Crippen molar-refractivity contribution in [1.82, 2.24) is 5.32 Å². The number of amides is 1. The molecular formula is C18H27NO4. The minimum atomic E-state index is -0.733. The number of nitrogens with one attached hydrogen (secondary N) is 1. The van der Waals surface area contributed by atoms with Gasteiger partial charge in [-0.1, -0.05) is 57.0 Å². The zero-order valence-corrected chi connectivity index (χ0v) is 14.0. The highest BCUT2D eigenvalue weighted by molar-refractivity contribution is 5.81. The van der Waals surface area contributed by atoms with Crippen molar-refractivity contribution in [1.29, 1.82) is 0 Å². The third-order valence-electron chi connectivity index (χ3n) is 3.29. The van der Waals surface area contributed by atoms with Gasteiger partial charge in [0.05, 0.1) is 13.2 Å². The number of hydrogen-bond donors (Lipinski definition) is 1. The number of rotatable bonds is 10. The van der Waals surface area contributed by atoms with Gasteiger partial charge < -0.3 is 14.8 Å². The summed E-state index contributed by atoms with van der Waals surface area (Å²) in [4.78, 5) is 24.0. The molecule has 0 heterocycles. The highest BCUT2D eigenvalue weighted by Gasteiger charge is 2.23. The van der Waals surface area contributed by atoms with Crippen LogP contribution in [0.1, 0.15) is 45.1 Å². The maximum atomic E-state index is 12.2. The summed E-state index contributed by atoms with van der Waals surface area (Å²) in [5.41, 5.74) is 0.957. The minimum absolute atomic E-state index is 0.329. The van der Waals surface area contributed by atoms with Gasteiger partial charge in [0.15, 0.2) is 0 Å². The number of carbonyl (C=O) groups excluding carboxylic acids is 2. The van der Waals surface area contributed by atoms with Crippen LogP contribution in [-0.2, 0) is 20.7 Å². The summed E-state index contributed by atoms with van der Waals surface area (Å²) in [5.74, 6) is -0.418. The van der Waals surface area contributed by atoms with Crippen molar-refractivity contribution >= 4 is 12.1 Å². The van der Waals surface area contributed by atoms with E-state index in [1.807, 2.05) is 37.3 Å². The predicted molar refractivity (Wildman–Crippen MR) is 89.2 cm³/mol. The fraction of sp³-hybridized carbons (Fsp3) is 0.556. The second kappa shape index (κ2) is 11.5. The molecule has 23 heavy (non-hydrogen) atoms. The largest absolute Gasteiger partial charge is 0.464 e. The summed E-state index contributed by atoms with van der Waals surface area (Å²) >= 11 is 0. The standard InChI is InChI=1S/C18H27NO4/c1-3-5-9-13-22-17(20)16(19-18(21)23-12-4-2)14-15-10-7-6-8-11-15/h6-8,10-11,16H,3-5,9,12-14H2,1-2H3,(H,19,21)/t16-/m0/s1. The first-order chi connectivity index (χ1) is 11.2. The number of alkyl carbamates (subject to hydrolysis) is 1. The molecule has 1 amide bonds. The fourth-order valence-corrected chi connectivity index (χ4v) is 2.05. The van der Waals surface area contributed by atoms with Crippen LogP contribution in [0.3, 0.4) is 0 Å². The van der Waals surface area contributed by atoms with E-state index in [4.69, 9.17) is 9.47 Å². The van der Waals surface area contributed by atoms with E-state index in [0.717, 1.165) is 31.2 Å². The fourth-order valence-electron chi connectivity index (χ4n) is 2.05. The number of unbranched alkanes of at least 4 members (excludes halogenated alkanes) is 2. The van der Waals surface area contributed by atoms with Crippen LogP contribution in [0, 0.1) is 0 Å². The summed E-state index contributed by atoms with van der Waals surface area (Å²) in [6.45, 7) is 4.71. The summed E-state index contributed by atoms with van der Waals surface area (Å²) < 4.78 is 10.3. The van der Waals surface area contributed by atoms with Gasteiger partial charge in [0.1, 0.15) is 6.04 Å². The van der Waals surface area contributed by atoms with Gasteiger partial charge in [-0.05, 0) is 18.4 Å². The lowest BCUT2D eigenvalue weighted by Gasteiger charge is -2.17. The van der Waals surface area contributed by atoms with E-state index in [1.165, 1.54) is 0 Å². The van der Waals surface area contributed by atoms with Crippen molar-refractivity contribution in [3.63, 3.8) is 0 Å². The molecule has 0 aliphatic carbocycles. The van der Waals surface area contributed by atoms with Crippen LogP contribution in [0.4, 0.5) is 4.79 Å². The molecule has 5 nitrogen and oxygen atoms in total. The van der Waals surface area contributed by atoms with Gasteiger partial charge in [0, 0.05) is 6.42 Å². The second-order valence-corrected chi connectivity index (χ2v) is 5.40. The van der Waals surface area contributed by atoms with Crippen LogP contribution >= 0.6 is 0 Å². The van der Waals surface area contributed by atoms with Crippen LogP contribution in [0.25, 0.3) is 0 Å². The molecule has 0 saturated carbocycles. The monoisotopic (exact) mass is 321 g/mol. The third kappa shape index (κ3) is 8.24. The summed E-state index contributed by atoms with van der Waals surface area (Å²) in [6.07, 6.45) is 3.45. The van der Waals surface area contributed by atoms with Gasteiger partial charge in [0.2, 0.25) is 0 Å². The minimum Gasteiger partial charge on any atom is -0.464 e. The molecule has 0 aromatic heterocycles. The first-order valence-corrected chi connectivity index (χ1v) is 8.31. The molecule has 1 rings (SSSR count). The predicted octanol–water partition coefficient (Wildman–Crippen LogP) is 3.47. The number of hydrogen-bond acceptors (Lipinski definition) is 4. The molecule has 0 spiro atoms. The molecule has 0 fully saturated rings. The molecular weight excluding hydrogens is 294 g/mol. The molecule has 0 aliphatic rings. The Bertz CT molecular complexity index is 461. The number of benzene rings is 1. The average Bonchev–Trinajstić information content (AvgIpc) is 2.57. The van der Waals surface area contributed by atoms with Crippen LogP contribution in [0.15, 0.2) is 30.3 Å². The lowest BCUT2D eigenvalue weighted by Crippen LogP contribution is -2.43. The lowest BCUT2D eigenvalue weighted by atomic mass is 10.1. The molecule has 0 unspecified atom stereocenters. The molecule has 5 heteroatoms. The van der Waals surface area contributed by atoms with Gasteiger partial charge in [0.25, 0.3) is 0 Å². The van der Waals surface area contributed by atoms with Crippen LogP contribution in [-0.4, -0.2) is 31.3 Å². The Hall–Kier alpha value is -2.04. The summed E-state index contributed by atoms with van der Waals surface area (Å²) in [6, 6.07) is 8.79. The molecule has 128 valence electrons. The van der Waals surface area contributed by atoms with E-state index >= 15 is 0 Å². The Balaban J connectivity index is 2.59. The second-order valence-electron chi connectivity index (χ2n) is 5.40. The molecule has 0 aliphatic heterocycles. The Kier molecular flexibility index (Phi) is 9.52. The molecule has 1 N–H and O–H groups in total. The SMILES string of the molecule is CCCCCOC(=O)[C@H](Cc1ccccc1)NC(=O)OCCC. The van der Waals surface area contributed by atoms with E-state index in [1.54, 1.807) is 0 Å². The van der Waals surface area contributed by atoms with Gasteiger partial charge >= 0.3 is 12.1 Å². The van der Waals surface area contributed by atoms with Crippen LogP contribution in [0.5, 0.6) is 0 Å². The van der Waals surface area contributed by atoms with Crippen molar-refractivity contribution in [3.05, 3.63) is 35.9 Å². The van der Waals surface area contributed by atoms with Crippen molar-refractivity contribution in [3.8, 4) is 0 Å². The first-order valence-electron chi connectivity index (χ1n) is 8.31. The highest BCUT2D eigenvalue weighted by Crippen LogP contribution is 2.06. The maximum absolute atomic E-state index is 12.2. The number of carbonyl (C=O) groups is 2. The number of ether oxygens (including phenoxy) is 2. The number of esters is 1. The van der Waals surface area contributed by atoms with Crippen LogP contribution < -0.4 is 5.32 Å². The van der Waals surface area contributed by atoms with E-state index < -0.39 is 18.1 Å². The van der Waals surface area contributed by atoms with Crippen LogP contribution in [0.2, 0.25) is 0 Å². The van der Waals surface area contributed by atoms with E-state index in [-0.39, 0.29) is 0 Å². The summed E-state index contributed by atoms with van der Waals surface area (Å²) in [7, 11) is 0. The highest BCUT2D eigenvalue weighted by atomic mass is 16.6. The van der Waals surface area contributed by atoms with Gasteiger partial charge in [-0.3, -0.25) is 0 Å². The Morgan fingerprint density at radius 3 is 2.39 bits per heavy atom. The topological polar surface area (TPSA) is 64.6 Å². The zero-order chi connectivity index (χ0) is 16.9. The normalized spacial score (nSPS) is 11.6. The lowest BCUT2D eigenvalue weighted by molar-refractivity contribution is -0.146. The van der Waals surface area contributed by atoms with E-state index in [0.29, 0.717) is 19.6 Å². The van der Waals surface area contributed by atoms with Crippen molar-refractivity contribution < 1.29 is 19.1 Å². The zero-order valence-electron chi connectivity index (χ0n) is 14.0. The molecule has 1 aromatic carbocycles. The van der Waals surface area contributed by atoms with E-state index in [9.17, 15) is 9.59 Å². The van der Waals surface area contributed by atoms with Crippen molar-refractivity contribution in [2.45, 2.75) is 52.0 Å². The quantitative estimate of drug-likeness (QED) is 0.529. The van der Waals surface area contributed by atoms with Gasteiger partial charge in [-0.2, -0.15) is 0 Å². The van der Waals surface area contributed by atoms with E-state index in [2.05, 4.69) is 12.2 Å². The average molecular weight is 321 g/mol. The molecule has 0 bridgehead atoms. The molecule has 1 aromatic rings. The van der Waals surface area contributed by atoms with Crippen molar-refractivity contribution in [2.75, 3.05) is 13.2 Å². The smallest absolute Gasteiger partial charge is 0.407 e. The Morgan fingerprint density at radius 1 is 1.00 bits per heavy atom. The third-order valence-corrected chi connectivity index (χ3v) is 3.29. The maximum Gasteiger partial charge on any atom is 0.407 e. The summed E-state index contributed by atoms with van der Waals surface area (Å²) in [5, 5.41) is 2.61.